The number of benzene rings is 1. The molecule has 9 nitrogen and oxygen atoms in total. The molecule has 2 N–H and O–H groups in total. The van der Waals surface area contributed by atoms with Gasteiger partial charge in [0.05, 0.1) is 4.92 Å². The van der Waals surface area contributed by atoms with Crippen molar-refractivity contribution in [1.82, 2.24) is 4.98 Å². The Morgan fingerprint density at radius 2 is 2.04 bits per heavy atom. The van der Waals surface area contributed by atoms with Crippen molar-refractivity contribution in [3.8, 4) is 34.3 Å². The zero-order valence-electron chi connectivity index (χ0n) is 11.7. The number of oxazole rings is 1. The number of hydrogen-bond acceptors (Lipinski definition) is 7. The van der Waals surface area contributed by atoms with E-state index in [1.165, 1.54) is 12.1 Å². The molecule has 0 amide bonds. The van der Waals surface area contributed by atoms with Crippen molar-refractivity contribution < 1.29 is 28.7 Å². The molecule has 3 aromatic rings. The molecule has 0 spiro atoms. The van der Waals surface area contributed by atoms with E-state index < -0.39 is 28.1 Å². The standard InChI is InChI=1S/C14H8FN3O6/c15-12-3-1-2-9(17(12)21)14-16-8(6-24-14)7-4-10(18(22)23)13(20)11(19)5-7/h1-6,19-20H. The van der Waals surface area contributed by atoms with Gasteiger partial charge in [-0.2, -0.15) is 0 Å². The summed E-state index contributed by atoms with van der Waals surface area (Å²) < 4.78 is 18.4. The highest BCUT2D eigenvalue weighted by Gasteiger charge is 2.23. The summed E-state index contributed by atoms with van der Waals surface area (Å²) in [6, 6.07) is 5.55. The van der Waals surface area contributed by atoms with E-state index in [9.17, 15) is 29.9 Å². The van der Waals surface area contributed by atoms with Crippen molar-refractivity contribution in [3.05, 3.63) is 57.9 Å². The van der Waals surface area contributed by atoms with Gasteiger partial charge in [-0.1, -0.05) is 0 Å². The summed E-state index contributed by atoms with van der Waals surface area (Å²) in [5.41, 5.74) is -0.800. The number of nitrogens with zero attached hydrogens (tertiary/aromatic N) is 3. The first-order valence-electron chi connectivity index (χ1n) is 6.43. The van der Waals surface area contributed by atoms with Gasteiger partial charge in [0.1, 0.15) is 12.0 Å². The Bertz CT molecular complexity index is 956. The molecule has 0 atom stereocenters. The molecule has 0 saturated heterocycles. The Kier molecular flexibility index (Phi) is 3.49. The van der Waals surface area contributed by atoms with Gasteiger partial charge < -0.3 is 19.8 Å². The van der Waals surface area contributed by atoms with Gasteiger partial charge in [0.15, 0.2) is 5.75 Å². The molecular formula is C14H8FN3O6. The summed E-state index contributed by atoms with van der Waals surface area (Å²) >= 11 is 0. The number of phenols is 2. The van der Waals surface area contributed by atoms with E-state index in [4.69, 9.17) is 4.42 Å². The van der Waals surface area contributed by atoms with E-state index in [-0.39, 0.29) is 27.6 Å². The highest BCUT2D eigenvalue weighted by molar-refractivity contribution is 5.70. The van der Waals surface area contributed by atoms with Crippen molar-refractivity contribution in [2.75, 3.05) is 0 Å². The zero-order chi connectivity index (χ0) is 17.4. The van der Waals surface area contributed by atoms with Crippen LogP contribution in [0.3, 0.4) is 0 Å². The van der Waals surface area contributed by atoms with Gasteiger partial charge in [0.2, 0.25) is 5.75 Å². The summed E-state index contributed by atoms with van der Waals surface area (Å²) in [6.07, 6.45) is 1.08. The first-order chi connectivity index (χ1) is 11.4. The van der Waals surface area contributed by atoms with Crippen LogP contribution in [-0.4, -0.2) is 20.1 Å². The number of phenolic OH excluding ortho intramolecular Hbond substituents is 2. The Morgan fingerprint density at radius 3 is 2.75 bits per heavy atom. The molecule has 122 valence electrons. The lowest BCUT2D eigenvalue weighted by atomic mass is 10.1. The van der Waals surface area contributed by atoms with Crippen molar-refractivity contribution in [3.63, 3.8) is 0 Å². The highest BCUT2D eigenvalue weighted by atomic mass is 19.1. The molecule has 0 radical (unpaired) electrons. The topological polar surface area (TPSA) is 137 Å². The van der Waals surface area contributed by atoms with Gasteiger partial charge in [-0.15, -0.1) is 9.12 Å². The summed E-state index contributed by atoms with van der Waals surface area (Å²) in [5.74, 6) is -2.86. The molecule has 10 heteroatoms. The van der Waals surface area contributed by atoms with Crippen LogP contribution in [0.2, 0.25) is 0 Å². The third kappa shape index (κ3) is 2.45. The van der Waals surface area contributed by atoms with Gasteiger partial charge in [-0.25, -0.2) is 4.98 Å². The number of rotatable bonds is 3. The maximum absolute atomic E-state index is 13.3. The third-order valence-electron chi connectivity index (χ3n) is 3.19. The van der Waals surface area contributed by atoms with Crippen LogP contribution >= 0.6 is 0 Å². The fraction of sp³-hybridized carbons (Fsp3) is 0. The summed E-state index contributed by atoms with van der Waals surface area (Å²) in [4.78, 5) is 13.9. The number of aromatic nitrogens is 2. The third-order valence-corrected chi connectivity index (χ3v) is 3.19. The van der Waals surface area contributed by atoms with Gasteiger partial charge >= 0.3 is 11.6 Å². The zero-order valence-corrected chi connectivity index (χ0v) is 11.7. The summed E-state index contributed by atoms with van der Waals surface area (Å²) in [7, 11) is 0. The predicted octanol–water partition coefficient (Wildman–Crippen LogP) is 2.10. The van der Waals surface area contributed by atoms with E-state index in [1.807, 2.05) is 0 Å². The Balaban J connectivity index is 2.09. The van der Waals surface area contributed by atoms with E-state index in [1.54, 1.807) is 0 Å². The number of pyridine rings is 1. The second kappa shape index (κ2) is 5.50. The van der Waals surface area contributed by atoms with Crippen molar-refractivity contribution >= 4 is 5.69 Å². The highest BCUT2D eigenvalue weighted by Crippen LogP contribution is 2.39. The predicted molar refractivity (Wildman–Crippen MR) is 76.3 cm³/mol. The number of halogens is 1. The maximum Gasteiger partial charge on any atom is 0.371 e. The molecule has 2 aromatic heterocycles. The van der Waals surface area contributed by atoms with Crippen LogP contribution in [0, 0.1) is 21.3 Å². The number of aromatic hydroxyl groups is 2. The van der Waals surface area contributed by atoms with Crippen LogP contribution in [0.15, 0.2) is 41.0 Å². The van der Waals surface area contributed by atoms with Crippen LogP contribution in [-0.2, 0) is 0 Å². The normalized spacial score (nSPS) is 10.7. The van der Waals surface area contributed by atoms with Crippen LogP contribution in [0.1, 0.15) is 0 Å². The molecular weight excluding hydrogens is 325 g/mol. The summed E-state index contributed by atoms with van der Waals surface area (Å²) in [5, 5.41) is 41.6. The smallest absolute Gasteiger partial charge is 0.371 e. The first kappa shape index (κ1) is 15.2. The lowest BCUT2D eigenvalue weighted by Gasteiger charge is -2.02. The first-order valence-corrected chi connectivity index (χ1v) is 6.43. The van der Waals surface area contributed by atoms with Crippen LogP contribution in [0.25, 0.3) is 22.8 Å². The fourth-order valence-corrected chi connectivity index (χ4v) is 2.04. The molecule has 0 aliphatic carbocycles. The molecule has 0 aliphatic heterocycles. The average molecular weight is 333 g/mol. The number of nitro groups is 1. The SMILES string of the molecule is O=[N+]([O-])c1cc(-c2coc(-c3cccc(F)[n+]3[O-])n2)cc(O)c1O. The Hall–Kier alpha value is -3.69. The second-order valence-corrected chi connectivity index (χ2v) is 4.69. The van der Waals surface area contributed by atoms with Gasteiger partial charge in [-0.05, 0) is 12.1 Å². The van der Waals surface area contributed by atoms with Gasteiger partial charge in [0.25, 0.3) is 11.6 Å². The van der Waals surface area contributed by atoms with E-state index in [0.717, 1.165) is 24.5 Å². The minimum atomic E-state index is -1.05. The minimum Gasteiger partial charge on any atom is -0.616 e. The second-order valence-electron chi connectivity index (χ2n) is 4.69. The Morgan fingerprint density at radius 1 is 1.29 bits per heavy atom. The average Bonchev–Trinajstić information content (AvgIpc) is 3.02. The lowest BCUT2D eigenvalue weighted by Crippen LogP contribution is -2.33. The van der Waals surface area contributed by atoms with Crippen molar-refractivity contribution in [2.24, 2.45) is 0 Å². The van der Waals surface area contributed by atoms with E-state index in [2.05, 4.69) is 4.98 Å². The quantitative estimate of drug-likeness (QED) is 0.187. The minimum absolute atomic E-state index is 0.0215. The molecule has 0 saturated carbocycles. The Labute approximate surface area is 132 Å². The van der Waals surface area contributed by atoms with Crippen molar-refractivity contribution in [2.45, 2.75) is 0 Å². The maximum atomic E-state index is 13.3. The van der Waals surface area contributed by atoms with Crippen LogP contribution < -0.4 is 4.73 Å². The fourth-order valence-electron chi connectivity index (χ4n) is 2.04. The summed E-state index contributed by atoms with van der Waals surface area (Å²) in [6.45, 7) is 0. The van der Waals surface area contributed by atoms with Gasteiger partial charge in [-0.3, -0.25) is 10.1 Å². The molecule has 0 aliphatic rings. The molecule has 2 heterocycles. The molecule has 3 rings (SSSR count). The molecule has 0 fully saturated rings. The van der Waals surface area contributed by atoms with Gasteiger partial charge in [0, 0.05) is 23.8 Å². The largest absolute Gasteiger partial charge is 0.616 e. The molecule has 0 bridgehead atoms. The van der Waals surface area contributed by atoms with E-state index in [0.29, 0.717) is 0 Å². The monoisotopic (exact) mass is 333 g/mol. The molecule has 1 aromatic carbocycles. The van der Waals surface area contributed by atoms with Crippen LogP contribution in [0.5, 0.6) is 11.5 Å². The van der Waals surface area contributed by atoms with Crippen molar-refractivity contribution in [1.29, 1.82) is 0 Å². The lowest BCUT2D eigenvalue weighted by molar-refractivity contribution is -0.626. The molecule has 24 heavy (non-hydrogen) atoms. The number of hydrogen-bond donors (Lipinski definition) is 2. The van der Waals surface area contributed by atoms with E-state index >= 15 is 0 Å². The molecule has 0 unspecified atom stereocenters. The number of nitro benzene ring substituents is 1. The van der Waals surface area contributed by atoms with Crippen LogP contribution in [0.4, 0.5) is 10.1 Å².